The summed E-state index contributed by atoms with van der Waals surface area (Å²) in [5.41, 5.74) is -0.515. The van der Waals surface area contributed by atoms with Crippen LogP contribution in [0.4, 0.5) is 0 Å². The number of benzene rings is 1. The summed E-state index contributed by atoms with van der Waals surface area (Å²) in [6, 6.07) is 5.07. The lowest BCUT2D eigenvalue weighted by Crippen LogP contribution is -2.33. The largest absolute Gasteiger partial charge is 0.506 e. The topological polar surface area (TPSA) is 88.4 Å². The minimum Gasteiger partial charge on any atom is -0.506 e. The number of hydrogen-bond donors (Lipinski definition) is 2. The number of nitrogens with one attached hydrogen (secondary N) is 1. The number of aldehydes is 1. The molecule has 0 saturated heterocycles. The number of carbonyl (C=O) groups excluding carboxylic acids is 2. The SMILES string of the molecule is Cn1c(=O)c(C(=O)NCC=O)c(O)c2c(Br)cccc21. The first kappa shape index (κ1) is 14.3. The second kappa shape index (κ2) is 5.46. The van der Waals surface area contributed by atoms with E-state index >= 15 is 0 Å². The highest BCUT2D eigenvalue weighted by Crippen LogP contribution is 2.32. The molecule has 2 N–H and O–H groups in total. The highest BCUT2D eigenvalue weighted by Gasteiger charge is 2.21. The van der Waals surface area contributed by atoms with Gasteiger partial charge in [0.1, 0.15) is 17.6 Å². The summed E-state index contributed by atoms with van der Waals surface area (Å²) in [6.45, 7) is -0.227. The van der Waals surface area contributed by atoms with Crippen molar-refractivity contribution >= 4 is 39.0 Å². The molecule has 1 amide bonds. The van der Waals surface area contributed by atoms with Crippen molar-refractivity contribution < 1.29 is 14.7 Å². The van der Waals surface area contributed by atoms with Crippen LogP contribution < -0.4 is 10.9 Å². The molecule has 20 heavy (non-hydrogen) atoms. The van der Waals surface area contributed by atoms with Crippen molar-refractivity contribution in [3.8, 4) is 5.75 Å². The first-order valence-corrected chi connectivity index (χ1v) is 6.50. The Balaban J connectivity index is 2.79. The number of aryl methyl sites for hydroxylation is 1. The molecule has 0 unspecified atom stereocenters. The van der Waals surface area contributed by atoms with Crippen molar-refractivity contribution in [2.24, 2.45) is 7.05 Å². The maximum atomic E-state index is 12.2. The molecule has 0 atom stereocenters. The molecule has 0 saturated carbocycles. The van der Waals surface area contributed by atoms with Crippen molar-refractivity contribution in [1.29, 1.82) is 0 Å². The van der Waals surface area contributed by atoms with Crippen molar-refractivity contribution in [2.45, 2.75) is 0 Å². The van der Waals surface area contributed by atoms with E-state index in [0.29, 0.717) is 21.7 Å². The smallest absolute Gasteiger partial charge is 0.267 e. The Morgan fingerprint density at radius 3 is 2.85 bits per heavy atom. The third-order valence-corrected chi connectivity index (χ3v) is 3.58. The quantitative estimate of drug-likeness (QED) is 0.815. The zero-order valence-electron chi connectivity index (χ0n) is 10.5. The number of hydrogen-bond acceptors (Lipinski definition) is 4. The lowest BCUT2D eigenvalue weighted by atomic mass is 10.1. The van der Waals surface area contributed by atoms with E-state index in [4.69, 9.17) is 0 Å². The number of aromatic nitrogens is 1. The molecular formula is C13H11BrN2O4. The van der Waals surface area contributed by atoms with Crippen molar-refractivity contribution in [1.82, 2.24) is 9.88 Å². The first-order chi connectivity index (χ1) is 9.49. The van der Waals surface area contributed by atoms with Gasteiger partial charge in [0.25, 0.3) is 11.5 Å². The average Bonchev–Trinajstić information content (AvgIpc) is 2.42. The Bertz CT molecular complexity index is 767. The molecule has 2 aromatic rings. The highest BCUT2D eigenvalue weighted by molar-refractivity contribution is 9.10. The van der Waals surface area contributed by atoms with Gasteiger partial charge in [-0.25, -0.2) is 0 Å². The predicted molar refractivity (Wildman–Crippen MR) is 77.0 cm³/mol. The fourth-order valence-electron chi connectivity index (χ4n) is 1.96. The van der Waals surface area contributed by atoms with E-state index in [1.54, 1.807) is 18.2 Å². The van der Waals surface area contributed by atoms with Crippen LogP contribution in [0.5, 0.6) is 5.75 Å². The van der Waals surface area contributed by atoms with E-state index in [9.17, 15) is 19.5 Å². The molecular weight excluding hydrogens is 328 g/mol. The number of rotatable bonds is 3. The maximum absolute atomic E-state index is 12.2. The number of pyridine rings is 1. The number of nitrogens with zero attached hydrogens (tertiary/aromatic N) is 1. The molecule has 0 radical (unpaired) electrons. The third-order valence-electron chi connectivity index (χ3n) is 2.92. The minimum absolute atomic E-state index is 0.227. The second-order valence-corrected chi connectivity index (χ2v) is 4.95. The fraction of sp³-hybridized carbons (Fsp3) is 0.154. The zero-order chi connectivity index (χ0) is 14.9. The molecule has 2 rings (SSSR count). The van der Waals surface area contributed by atoms with Crippen LogP contribution in [0.25, 0.3) is 10.9 Å². The average molecular weight is 339 g/mol. The molecule has 104 valence electrons. The van der Waals surface area contributed by atoms with E-state index in [1.165, 1.54) is 11.6 Å². The van der Waals surface area contributed by atoms with Crippen LogP contribution in [0.2, 0.25) is 0 Å². The second-order valence-electron chi connectivity index (χ2n) is 4.10. The lowest BCUT2D eigenvalue weighted by Gasteiger charge is -2.12. The highest BCUT2D eigenvalue weighted by atomic mass is 79.9. The molecule has 0 bridgehead atoms. The van der Waals surface area contributed by atoms with Crippen molar-refractivity contribution in [3.05, 3.63) is 38.6 Å². The van der Waals surface area contributed by atoms with Crippen LogP contribution in [-0.4, -0.2) is 28.4 Å². The normalized spacial score (nSPS) is 10.5. The van der Waals surface area contributed by atoms with Gasteiger partial charge in [-0.15, -0.1) is 0 Å². The van der Waals surface area contributed by atoms with Gasteiger partial charge in [0.2, 0.25) is 0 Å². The predicted octanol–water partition coefficient (Wildman–Crippen LogP) is 0.935. The summed E-state index contributed by atoms with van der Waals surface area (Å²) in [4.78, 5) is 34.3. The van der Waals surface area contributed by atoms with Gasteiger partial charge < -0.3 is 19.8 Å². The summed E-state index contributed by atoms with van der Waals surface area (Å²) in [5, 5.41) is 12.8. The third kappa shape index (κ3) is 2.20. The van der Waals surface area contributed by atoms with Crippen LogP contribution in [0, 0.1) is 0 Å². The standard InChI is InChI=1S/C13H11BrN2O4/c1-16-8-4-2-3-7(14)9(8)11(18)10(13(16)20)12(19)15-5-6-17/h2-4,6,18H,5H2,1H3,(H,15,19). The van der Waals surface area contributed by atoms with E-state index in [1.807, 2.05) is 0 Å². The molecule has 1 heterocycles. The summed E-state index contributed by atoms with van der Waals surface area (Å²) in [6.07, 6.45) is 0.496. The Kier molecular flexibility index (Phi) is 3.89. The van der Waals surface area contributed by atoms with Gasteiger partial charge in [-0.3, -0.25) is 9.59 Å². The summed E-state index contributed by atoms with van der Waals surface area (Å²) >= 11 is 3.28. The van der Waals surface area contributed by atoms with Gasteiger partial charge in [0.15, 0.2) is 0 Å². The van der Waals surface area contributed by atoms with E-state index in [0.717, 1.165) is 0 Å². The van der Waals surface area contributed by atoms with Crippen molar-refractivity contribution in [3.63, 3.8) is 0 Å². The number of halogens is 1. The minimum atomic E-state index is -0.784. The summed E-state index contributed by atoms with van der Waals surface area (Å²) in [5.74, 6) is -1.19. The number of aromatic hydroxyl groups is 1. The summed E-state index contributed by atoms with van der Waals surface area (Å²) in [7, 11) is 1.51. The van der Waals surface area contributed by atoms with E-state index in [2.05, 4.69) is 21.2 Å². The molecule has 1 aromatic carbocycles. The number of carbonyl (C=O) groups is 2. The molecule has 1 aromatic heterocycles. The molecule has 6 nitrogen and oxygen atoms in total. The van der Waals surface area contributed by atoms with Gasteiger partial charge in [-0.05, 0) is 28.1 Å². The Labute approximate surface area is 122 Å². The fourth-order valence-corrected chi connectivity index (χ4v) is 2.50. The Hall–Kier alpha value is -2.15. The van der Waals surface area contributed by atoms with Gasteiger partial charge >= 0.3 is 0 Å². The molecule has 0 aliphatic heterocycles. The van der Waals surface area contributed by atoms with Gasteiger partial charge in [-0.2, -0.15) is 0 Å². The zero-order valence-corrected chi connectivity index (χ0v) is 12.1. The summed E-state index contributed by atoms with van der Waals surface area (Å²) < 4.78 is 1.84. The number of amides is 1. The van der Waals surface area contributed by atoms with Crippen LogP contribution in [0.1, 0.15) is 10.4 Å². The Morgan fingerprint density at radius 2 is 2.20 bits per heavy atom. The Morgan fingerprint density at radius 1 is 1.50 bits per heavy atom. The first-order valence-electron chi connectivity index (χ1n) is 5.71. The van der Waals surface area contributed by atoms with E-state index < -0.39 is 17.2 Å². The van der Waals surface area contributed by atoms with E-state index in [-0.39, 0.29) is 12.1 Å². The van der Waals surface area contributed by atoms with Gasteiger partial charge in [0, 0.05) is 11.5 Å². The van der Waals surface area contributed by atoms with Crippen molar-refractivity contribution in [2.75, 3.05) is 6.54 Å². The molecule has 0 fully saturated rings. The van der Waals surface area contributed by atoms with Crippen LogP contribution in [0.15, 0.2) is 27.5 Å². The molecule has 0 aliphatic carbocycles. The monoisotopic (exact) mass is 338 g/mol. The number of fused-ring (bicyclic) bond motifs is 1. The van der Waals surface area contributed by atoms with Gasteiger partial charge in [0.05, 0.1) is 17.4 Å². The van der Waals surface area contributed by atoms with Gasteiger partial charge in [-0.1, -0.05) is 6.07 Å². The van der Waals surface area contributed by atoms with Crippen LogP contribution in [-0.2, 0) is 11.8 Å². The molecule has 7 heteroatoms. The van der Waals surface area contributed by atoms with Crippen LogP contribution >= 0.6 is 15.9 Å². The van der Waals surface area contributed by atoms with Crippen LogP contribution in [0.3, 0.4) is 0 Å². The lowest BCUT2D eigenvalue weighted by molar-refractivity contribution is -0.107. The molecule has 0 spiro atoms. The maximum Gasteiger partial charge on any atom is 0.267 e. The molecule has 0 aliphatic rings.